The van der Waals surface area contributed by atoms with E-state index in [-0.39, 0.29) is 0 Å². The van der Waals surface area contributed by atoms with E-state index in [1.54, 1.807) is 0 Å². The van der Waals surface area contributed by atoms with Crippen LogP contribution in [0.15, 0.2) is 24.3 Å². The second kappa shape index (κ2) is 35.5. The van der Waals surface area contributed by atoms with Crippen LogP contribution in [0.5, 0.6) is 0 Å². The summed E-state index contributed by atoms with van der Waals surface area (Å²) in [5, 5.41) is 0. The van der Waals surface area contributed by atoms with Crippen LogP contribution in [0.25, 0.3) is 0 Å². The third kappa shape index (κ3) is 35.5. The number of rotatable bonds is 32. The standard InChI is InChI=1S/C37H72/c1-3-5-7-9-11-13-15-17-19-21-23-25-27-29-31-33-35-37-36-34-32-30-28-26-24-22-20-18-16-14-12-10-8-6-4-2/h17,19-20,22H,3-16,18,21,23-37H2,1-2H3/b19-17+,22-20+. The SMILES string of the molecule is CCCCCCCC/C=C/CCCCCCCCCCCCCCCC/C=C/CCCCCCCCC. The fourth-order valence-electron chi connectivity index (χ4n) is 5.38. The maximum atomic E-state index is 2.45. The van der Waals surface area contributed by atoms with Crippen LogP contribution in [0.1, 0.15) is 213 Å². The topological polar surface area (TPSA) is 0 Å². The van der Waals surface area contributed by atoms with Gasteiger partial charge in [0.05, 0.1) is 0 Å². The molecular weight excluding hydrogens is 444 g/mol. The van der Waals surface area contributed by atoms with Crippen LogP contribution in [0, 0.1) is 0 Å². The second-order valence-electron chi connectivity index (χ2n) is 11.9. The molecule has 0 radical (unpaired) electrons. The molecule has 0 aliphatic heterocycles. The lowest BCUT2D eigenvalue weighted by molar-refractivity contribution is 0.534. The summed E-state index contributed by atoms with van der Waals surface area (Å²) in [6.07, 6.45) is 53.9. The third-order valence-electron chi connectivity index (χ3n) is 8.02. The molecule has 0 heteroatoms. The van der Waals surface area contributed by atoms with Gasteiger partial charge in [-0.25, -0.2) is 0 Å². The van der Waals surface area contributed by atoms with Gasteiger partial charge in [-0.15, -0.1) is 0 Å². The van der Waals surface area contributed by atoms with E-state index >= 15 is 0 Å². The van der Waals surface area contributed by atoms with Crippen molar-refractivity contribution >= 4 is 0 Å². The first kappa shape index (κ1) is 36.5. The van der Waals surface area contributed by atoms with Gasteiger partial charge in [-0.05, 0) is 51.4 Å². The number of hydrogen-bond donors (Lipinski definition) is 0. The average molecular weight is 517 g/mol. The molecular formula is C37H72. The predicted molar refractivity (Wildman–Crippen MR) is 173 cm³/mol. The van der Waals surface area contributed by atoms with Gasteiger partial charge in [0.25, 0.3) is 0 Å². The van der Waals surface area contributed by atoms with Crippen LogP contribution >= 0.6 is 0 Å². The molecule has 0 aliphatic rings. The molecule has 220 valence electrons. The van der Waals surface area contributed by atoms with Gasteiger partial charge in [0, 0.05) is 0 Å². The van der Waals surface area contributed by atoms with Crippen LogP contribution in [0.3, 0.4) is 0 Å². The first-order valence-electron chi connectivity index (χ1n) is 17.7. The maximum Gasteiger partial charge on any atom is -0.0351 e. The van der Waals surface area contributed by atoms with Gasteiger partial charge < -0.3 is 0 Å². The quantitative estimate of drug-likeness (QED) is 0.0616. The number of allylic oxidation sites excluding steroid dienone is 4. The molecule has 0 atom stereocenters. The van der Waals surface area contributed by atoms with E-state index in [0.29, 0.717) is 0 Å². The summed E-state index contributed by atoms with van der Waals surface area (Å²) in [5.41, 5.74) is 0. The van der Waals surface area contributed by atoms with Crippen LogP contribution < -0.4 is 0 Å². The van der Waals surface area contributed by atoms with Crippen molar-refractivity contribution in [1.82, 2.24) is 0 Å². The van der Waals surface area contributed by atoms with Crippen LogP contribution in [0.4, 0.5) is 0 Å². The van der Waals surface area contributed by atoms with Gasteiger partial charge in [-0.2, -0.15) is 0 Å². The number of hydrogen-bond acceptors (Lipinski definition) is 0. The van der Waals surface area contributed by atoms with Crippen molar-refractivity contribution in [3.8, 4) is 0 Å². The van der Waals surface area contributed by atoms with Gasteiger partial charge in [-0.3, -0.25) is 0 Å². The molecule has 0 amide bonds. The fraction of sp³-hybridized carbons (Fsp3) is 0.892. The van der Waals surface area contributed by atoms with Crippen molar-refractivity contribution in [2.24, 2.45) is 0 Å². The van der Waals surface area contributed by atoms with Crippen molar-refractivity contribution in [3.05, 3.63) is 24.3 Å². The van der Waals surface area contributed by atoms with E-state index in [9.17, 15) is 0 Å². The summed E-state index contributed by atoms with van der Waals surface area (Å²) in [5.74, 6) is 0. The average Bonchev–Trinajstić information content (AvgIpc) is 2.91. The molecule has 0 rings (SSSR count). The van der Waals surface area contributed by atoms with Crippen molar-refractivity contribution in [2.75, 3.05) is 0 Å². The Kier molecular flexibility index (Phi) is 35.0. The molecule has 0 N–H and O–H groups in total. The summed E-state index contributed by atoms with van der Waals surface area (Å²) in [6, 6.07) is 0. The Morgan fingerprint density at radius 2 is 0.378 bits per heavy atom. The minimum atomic E-state index is 1.31. The molecule has 0 unspecified atom stereocenters. The van der Waals surface area contributed by atoms with Gasteiger partial charge in [-0.1, -0.05) is 186 Å². The highest BCUT2D eigenvalue weighted by molar-refractivity contribution is 4.82. The summed E-state index contributed by atoms with van der Waals surface area (Å²) in [6.45, 7) is 4.59. The Hall–Kier alpha value is -0.520. The molecule has 0 saturated heterocycles. The summed E-state index contributed by atoms with van der Waals surface area (Å²) in [4.78, 5) is 0. The predicted octanol–water partition coefficient (Wildman–Crippen LogP) is 14.2. The van der Waals surface area contributed by atoms with Crippen molar-refractivity contribution in [3.63, 3.8) is 0 Å². The van der Waals surface area contributed by atoms with Gasteiger partial charge in [0.1, 0.15) is 0 Å². The Morgan fingerprint density at radius 3 is 0.568 bits per heavy atom. The minimum Gasteiger partial charge on any atom is -0.0885 e. The van der Waals surface area contributed by atoms with E-state index in [0.717, 1.165) is 0 Å². The van der Waals surface area contributed by atoms with Gasteiger partial charge >= 0.3 is 0 Å². The lowest BCUT2D eigenvalue weighted by atomic mass is 10.0. The molecule has 0 spiro atoms. The van der Waals surface area contributed by atoms with E-state index in [2.05, 4.69) is 38.2 Å². The zero-order valence-electron chi connectivity index (χ0n) is 26.2. The highest BCUT2D eigenvalue weighted by atomic mass is 14.0. The molecule has 0 heterocycles. The van der Waals surface area contributed by atoms with Crippen LogP contribution in [-0.4, -0.2) is 0 Å². The van der Waals surface area contributed by atoms with E-state index in [4.69, 9.17) is 0 Å². The Labute approximate surface area is 236 Å². The molecule has 0 aromatic heterocycles. The Balaban J connectivity index is 3.10. The monoisotopic (exact) mass is 517 g/mol. The first-order chi connectivity index (χ1) is 18.4. The molecule has 0 saturated carbocycles. The van der Waals surface area contributed by atoms with Crippen LogP contribution in [-0.2, 0) is 0 Å². The second-order valence-corrected chi connectivity index (χ2v) is 11.9. The zero-order chi connectivity index (χ0) is 26.7. The van der Waals surface area contributed by atoms with Crippen molar-refractivity contribution in [2.45, 2.75) is 213 Å². The van der Waals surface area contributed by atoms with Gasteiger partial charge in [0.2, 0.25) is 0 Å². The minimum absolute atomic E-state index is 1.31. The van der Waals surface area contributed by atoms with E-state index in [1.807, 2.05) is 0 Å². The fourth-order valence-corrected chi connectivity index (χ4v) is 5.38. The molecule has 0 bridgehead atoms. The van der Waals surface area contributed by atoms with E-state index in [1.165, 1.54) is 199 Å². The Bertz CT molecular complexity index is 431. The third-order valence-corrected chi connectivity index (χ3v) is 8.02. The van der Waals surface area contributed by atoms with Crippen LogP contribution in [0.2, 0.25) is 0 Å². The summed E-state index contributed by atoms with van der Waals surface area (Å²) < 4.78 is 0. The summed E-state index contributed by atoms with van der Waals surface area (Å²) in [7, 11) is 0. The van der Waals surface area contributed by atoms with Crippen molar-refractivity contribution < 1.29 is 0 Å². The van der Waals surface area contributed by atoms with Crippen molar-refractivity contribution in [1.29, 1.82) is 0 Å². The Morgan fingerprint density at radius 1 is 0.216 bits per heavy atom. The molecule has 0 nitrogen and oxygen atoms in total. The molecule has 37 heavy (non-hydrogen) atoms. The molecule has 0 aromatic carbocycles. The largest absolute Gasteiger partial charge is 0.0885 e. The maximum absolute atomic E-state index is 2.45. The molecule has 0 aromatic rings. The lowest BCUT2D eigenvalue weighted by Crippen LogP contribution is -1.83. The normalized spacial score (nSPS) is 11.9. The highest BCUT2D eigenvalue weighted by Crippen LogP contribution is 2.15. The summed E-state index contributed by atoms with van der Waals surface area (Å²) >= 11 is 0. The van der Waals surface area contributed by atoms with E-state index < -0.39 is 0 Å². The van der Waals surface area contributed by atoms with Gasteiger partial charge in [0.15, 0.2) is 0 Å². The lowest BCUT2D eigenvalue weighted by Gasteiger charge is -2.03. The highest BCUT2D eigenvalue weighted by Gasteiger charge is 1.95. The smallest absolute Gasteiger partial charge is 0.0351 e. The molecule has 0 fully saturated rings. The zero-order valence-corrected chi connectivity index (χ0v) is 26.2. The molecule has 0 aliphatic carbocycles. The number of unbranched alkanes of at least 4 members (excludes halogenated alkanes) is 28. The first-order valence-corrected chi connectivity index (χ1v) is 17.7.